The average Bonchev–Trinajstić information content (AvgIpc) is 3.37. The number of allylic oxidation sites excluding steroid dienone is 2. The first kappa shape index (κ1) is 30.1. The smallest absolute Gasteiger partial charge is 0.271 e. The predicted molar refractivity (Wildman–Crippen MR) is 165 cm³/mol. The van der Waals surface area contributed by atoms with E-state index in [1.54, 1.807) is 25.1 Å². The Hall–Kier alpha value is -4.61. The average molecular weight is 664 g/mol. The molecule has 4 amide bonds. The summed E-state index contributed by atoms with van der Waals surface area (Å²) in [5, 5.41) is 21.7. The molecule has 1 saturated carbocycles. The van der Waals surface area contributed by atoms with Gasteiger partial charge in [-0.15, -0.1) is 23.2 Å². The second-order valence-corrected chi connectivity index (χ2v) is 13.3. The summed E-state index contributed by atoms with van der Waals surface area (Å²) in [6, 6.07) is 14.6. The van der Waals surface area contributed by atoms with Gasteiger partial charge in [0.05, 0.1) is 28.1 Å². The number of anilines is 2. The van der Waals surface area contributed by atoms with Gasteiger partial charge in [-0.3, -0.25) is 29.3 Å². The van der Waals surface area contributed by atoms with Crippen LogP contribution in [0.15, 0.2) is 78.4 Å². The number of aryl methyl sites for hydroxylation is 1. The molecular formula is C33H24Cl2FN3O7. The number of nitro benzene ring substituents is 1. The van der Waals surface area contributed by atoms with Gasteiger partial charge in [0, 0.05) is 18.1 Å². The van der Waals surface area contributed by atoms with Crippen LogP contribution in [-0.2, 0) is 19.2 Å². The van der Waals surface area contributed by atoms with Crippen LogP contribution in [0.1, 0.15) is 29.9 Å². The molecule has 7 rings (SSSR count). The number of nitro groups is 1. The van der Waals surface area contributed by atoms with Crippen molar-refractivity contribution in [3.05, 3.63) is 105 Å². The largest absolute Gasteiger partial charge is 0.508 e. The maximum atomic E-state index is 14.4. The predicted octanol–water partition coefficient (Wildman–Crippen LogP) is 5.52. The Balaban J connectivity index is 1.39. The molecule has 3 aromatic rings. The van der Waals surface area contributed by atoms with E-state index in [0.717, 1.165) is 28.0 Å². The van der Waals surface area contributed by atoms with Crippen molar-refractivity contribution in [1.29, 1.82) is 0 Å². The number of hydrogen-bond acceptors (Lipinski definition) is 7. The van der Waals surface area contributed by atoms with Crippen molar-refractivity contribution in [2.45, 2.75) is 35.4 Å². The van der Waals surface area contributed by atoms with E-state index in [9.17, 15) is 38.8 Å². The zero-order valence-electron chi connectivity index (χ0n) is 24.0. The molecule has 234 valence electrons. The lowest BCUT2D eigenvalue weighted by atomic mass is 9.56. The number of alkyl halides is 2. The van der Waals surface area contributed by atoms with Gasteiger partial charge >= 0.3 is 0 Å². The van der Waals surface area contributed by atoms with Crippen molar-refractivity contribution in [3.8, 4) is 5.75 Å². The third-order valence-corrected chi connectivity index (χ3v) is 11.2. The van der Waals surface area contributed by atoms with E-state index in [2.05, 4.69) is 0 Å². The Bertz CT molecular complexity index is 1930. The molecule has 10 nitrogen and oxygen atoms in total. The minimum Gasteiger partial charge on any atom is -0.508 e. The van der Waals surface area contributed by atoms with Crippen molar-refractivity contribution in [1.82, 2.24) is 0 Å². The number of phenolic OH excluding ortho intramolecular Hbond substituents is 1. The number of aromatic hydroxyl groups is 1. The summed E-state index contributed by atoms with van der Waals surface area (Å²) in [6.07, 6.45) is 1.59. The topological polar surface area (TPSA) is 138 Å². The molecule has 2 aliphatic carbocycles. The number of benzene rings is 3. The van der Waals surface area contributed by atoms with Crippen molar-refractivity contribution in [3.63, 3.8) is 0 Å². The van der Waals surface area contributed by atoms with Crippen LogP contribution in [0.3, 0.4) is 0 Å². The van der Waals surface area contributed by atoms with Gasteiger partial charge in [0.15, 0.2) is 9.75 Å². The van der Waals surface area contributed by atoms with Crippen LogP contribution in [0.2, 0.25) is 0 Å². The van der Waals surface area contributed by atoms with E-state index in [4.69, 9.17) is 23.2 Å². The highest BCUT2D eigenvalue weighted by atomic mass is 35.5. The van der Waals surface area contributed by atoms with Crippen LogP contribution < -0.4 is 9.80 Å². The molecule has 2 heterocycles. The normalized spacial score (nSPS) is 30.2. The molecule has 4 aliphatic rings. The number of imide groups is 2. The molecule has 0 radical (unpaired) electrons. The highest BCUT2D eigenvalue weighted by Gasteiger charge is 2.76. The van der Waals surface area contributed by atoms with Crippen LogP contribution in [-0.4, -0.2) is 43.4 Å². The van der Waals surface area contributed by atoms with Crippen LogP contribution in [0.5, 0.6) is 5.75 Å². The first-order valence-electron chi connectivity index (χ1n) is 14.4. The van der Waals surface area contributed by atoms with Gasteiger partial charge in [0.25, 0.3) is 17.5 Å². The van der Waals surface area contributed by atoms with Crippen LogP contribution in [0.4, 0.5) is 21.5 Å². The fraction of sp³-hybridized carbons (Fsp3) is 0.273. The highest BCUT2D eigenvalue weighted by Crippen LogP contribution is 2.66. The van der Waals surface area contributed by atoms with E-state index >= 15 is 0 Å². The molecule has 2 saturated heterocycles. The van der Waals surface area contributed by atoms with Crippen molar-refractivity contribution < 1.29 is 33.6 Å². The minimum absolute atomic E-state index is 0.0134. The molecule has 2 aliphatic heterocycles. The summed E-state index contributed by atoms with van der Waals surface area (Å²) in [5.41, 5.74) is 1.27. The lowest BCUT2D eigenvalue weighted by molar-refractivity contribution is -0.384. The molecular weight excluding hydrogens is 640 g/mol. The summed E-state index contributed by atoms with van der Waals surface area (Å²) in [6.45, 7) is 1.65. The van der Waals surface area contributed by atoms with E-state index in [0.29, 0.717) is 16.7 Å². The number of rotatable bonds is 4. The summed E-state index contributed by atoms with van der Waals surface area (Å²) >= 11 is 14.7. The molecule has 6 unspecified atom stereocenters. The van der Waals surface area contributed by atoms with Crippen LogP contribution >= 0.6 is 23.2 Å². The van der Waals surface area contributed by atoms with Crippen molar-refractivity contribution >= 4 is 63.9 Å². The maximum Gasteiger partial charge on any atom is 0.271 e. The number of hydrogen-bond donors (Lipinski definition) is 1. The first-order chi connectivity index (χ1) is 21.8. The van der Waals surface area contributed by atoms with Crippen LogP contribution in [0, 0.1) is 40.6 Å². The van der Waals surface area contributed by atoms with E-state index in [1.807, 2.05) is 0 Å². The van der Waals surface area contributed by atoms with Crippen LogP contribution in [0.25, 0.3) is 0 Å². The molecule has 13 heteroatoms. The molecule has 0 aromatic heterocycles. The Labute approximate surface area is 271 Å². The lowest BCUT2D eigenvalue weighted by Gasteiger charge is -2.50. The van der Waals surface area contributed by atoms with E-state index in [1.165, 1.54) is 36.4 Å². The lowest BCUT2D eigenvalue weighted by Crippen LogP contribution is -2.60. The summed E-state index contributed by atoms with van der Waals surface area (Å²) in [5.74, 6) is -7.19. The molecule has 0 bridgehead atoms. The Morgan fingerprint density at radius 1 is 0.913 bits per heavy atom. The summed E-state index contributed by atoms with van der Waals surface area (Å²) < 4.78 is 13.8. The minimum atomic E-state index is -2.11. The Morgan fingerprint density at radius 2 is 1.63 bits per heavy atom. The van der Waals surface area contributed by atoms with Gasteiger partial charge in [-0.25, -0.2) is 14.2 Å². The zero-order chi connectivity index (χ0) is 32.9. The van der Waals surface area contributed by atoms with Crippen molar-refractivity contribution in [2.75, 3.05) is 9.80 Å². The van der Waals surface area contributed by atoms with E-state index in [-0.39, 0.29) is 35.7 Å². The molecule has 46 heavy (non-hydrogen) atoms. The third kappa shape index (κ3) is 3.94. The standard InChI is InChI=1S/C33H24Cl2FN3O7/c1-16-13-17(5-12-25(16)40)27-22-10-11-23-26(29(42)37(28(23)41)20-3-2-4-21(14-20)39(45)46)24(22)15-32(34)30(43)38(31(44)33(27,32)35)19-8-6-18(36)7-9-19/h2-10,12-14,23-24,26-27,40H,11,15H2,1H3. The molecule has 1 N–H and O–H groups in total. The number of fused-ring (bicyclic) bond motifs is 4. The fourth-order valence-corrected chi connectivity index (χ4v) is 8.57. The van der Waals surface area contributed by atoms with Gasteiger partial charge in [-0.05, 0) is 73.2 Å². The monoisotopic (exact) mass is 663 g/mol. The van der Waals surface area contributed by atoms with Gasteiger partial charge in [-0.1, -0.05) is 29.8 Å². The molecule has 3 fully saturated rings. The first-order valence-corrected chi connectivity index (χ1v) is 15.2. The molecule has 6 atom stereocenters. The number of carbonyl (C=O) groups excluding carboxylic acids is 4. The SMILES string of the molecule is Cc1cc(C2C3=CCC4C(=O)N(c5cccc([N+](=O)[O-])c5)C(=O)C4C3CC3(Cl)C(=O)N(c4ccc(F)cc4)C(=O)C23Cl)ccc1O. The molecule has 3 aromatic carbocycles. The Kier molecular flexibility index (Phi) is 6.67. The van der Waals surface area contributed by atoms with Crippen molar-refractivity contribution in [2.24, 2.45) is 17.8 Å². The quantitative estimate of drug-likeness (QED) is 0.128. The number of halogens is 3. The third-order valence-electron chi connectivity index (χ3n) is 9.75. The van der Waals surface area contributed by atoms with Gasteiger partial charge in [-0.2, -0.15) is 0 Å². The number of amides is 4. The summed E-state index contributed by atoms with van der Waals surface area (Å²) in [4.78, 5) is 64.9. The Morgan fingerprint density at radius 3 is 2.30 bits per heavy atom. The van der Waals surface area contributed by atoms with Gasteiger partial charge in [0.2, 0.25) is 11.8 Å². The number of carbonyl (C=O) groups is 4. The van der Waals surface area contributed by atoms with Gasteiger partial charge in [0.1, 0.15) is 11.6 Å². The second-order valence-electron chi connectivity index (χ2n) is 12.1. The highest BCUT2D eigenvalue weighted by molar-refractivity contribution is 6.58. The van der Waals surface area contributed by atoms with E-state index < -0.39 is 67.8 Å². The second kappa shape index (κ2) is 10.2. The van der Waals surface area contributed by atoms with Gasteiger partial charge < -0.3 is 5.11 Å². The summed E-state index contributed by atoms with van der Waals surface area (Å²) in [7, 11) is 0. The fourth-order valence-electron chi connectivity index (χ4n) is 7.63. The zero-order valence-corrected chi connectivity index (χ0v) is 25.5. The number of non-ortho nitro benzene ring substituents is 1. The number of nitrogens with zero attached hydrogens (tertiary/aromatic N) is 3. The molecule has 0 spiro atoms. The number of phenols is 1. The maximum absolute atomic E-state index is 14.4.